The number of ether oxygens (including phenoxy) is 4. The fraction of sp³-hybridized carbons (Fsp3) is 0.286. The summed E-state index contributed by atoms with van der Waals surface area (Å²) in [6.07, 6.45) is 0. The van der Waals surface area contributed by atoms with Gasteiger partial charge < -0.3 is 28.7 Å². The van der Waals surface area contributed by atoms with E-state index in [1.165, 1.54) is 12.1 Å². The van der Waals surface area contributed by atoms with E-state index in [1.54, 1.807) is 44.6 Å². The summed E-state index contributed by atoms with van der Waals surface area (Å²) in [7, 11) is -0.890. The quantitative estimate of drug-likeness (QED) is 0.522. The lowest BCUT2D eigenvalue weighted by Gasteiger charge is -2.18. The number of fused-ring (bicyclic) bond motifs is 1. The van der Waals surface area contributed by atoms with Crippen LogP contribution in [0, 0.1) is 0 Å². The number of rotatable bonds is 8. The van der Waals surface area contributed by atoms with Crippen LogP contribution in [0.3, 0.4) is 0 Å². The lowest BCUT2D eigenvalue weighted by molar-refractivity contribution is 0.171. The van der Waals surface area contributed by atoms with Gasteiger partial charge in [-0.05, 0) is 36.4 Å². The molecule has 0 fully saturated rings. The third-order valence-electron chi connectivity index (χ3n) is 4.60. The van der Waals surface area contributed by atoms with Gasteiger partial charge >= 0.3 is 0 Å². The molecule has 1 N–H and O–H groups in total. The first-order chi connectivity index (χ1) is 15.0. The molecule has 10 heteroatoms. The number of hydrogen-bond acceptors (Lipinski definition) is 9. The number of anilines is 1. The average molecular weight is 446 g/mol. The van der Waals surface area contributed by atoms with Crippen molar-refractivity contribution in [3.8, 4) is 28.7 Å². The molecule has 0 unspecified atom stereocenters. The first-order valence-electron chi connectivity index (χ1n) is 9.55. The van der Waals surface area contributed by atoms with Crippen molar-refractivity contribution in [2.45, 2.75) is 9.92 Å². The van der Waals surface area contributed by atoms with E-state index in [4.69, 9.17) is 23.4 Å². The number of benzene rings is 2. The lowest BCUT2D eigenvalue weighted by Crippen LogP contribution is -2.16. The summed E-state index contributed by atoms with van der Waals surface area (Å²) in [4.78, 5) is 4.33. The standard InChI is InChI=1S/C21H22N2O7S/c1-26-10-9-22-20-21(23-19(30-20)14-3-5-15(27-2)6-4-14)31(24,25)16-7-8-17-18(13-16)29-12-11-28-17/h3-8,13,22H,9-12H2,1-2H3. The maximum Gasteiger partial charge on any atom is 0.233 e. The summed E-state index contributed by atoms with van der Waals surface area (Å²) >= 11 is 0. The molecule has 31 heavy (non-hydrogen) atoms. The van der Waals surface area contributed by atoms with E-state index in [1.807, 2.05) is 0 Å². The van der Waals surface area contributed by atoms with Gasteiger partial charge in [0.2, 0.25) is 26.6 Å². The van der Waals surface area contributed by atoms with Crippen molar-refractivity contribution in [3.63, 3.8) is 0 Å². The van der Waals surface area contributed by atoms with Crippen LogP contribution in [0.1, 0.15) is 0 Å². The minimum Gasteiger partial charge on any atom is -0.497 e. The fourth-order valence-corrected chi connectivity index (χ4v) is 4.32. The Morgan fingerprint density at radius 1 is 1.03 bits per heavy atom. The molecule has 0 spiro atoms. The Hall–Kier alpha value is -3.24. The normalized spacial score (nSPS) is 13.1. The minimum absolute atomic E-state index is 0.0288. The second-order valence-electron chi connectivity index (χ2n) is 6.61. The number of sulfone groups is 1. The number of methoxy groups -OCH3 is 2. The van der Waals surface area contributed by atoms with Crippen LogP contribution in [0.15, 0.2) is 56.8 Å². The molecule has 2 aromatic carbocycles. The second-order valence-corrected chi connectivity index (χ2v) is 8.48. The number of nitrogens with zero attached hydrogens (tertiary/aromatic N) is 1. The maximum atomic E-state index is 13.4. The number of aromatic nitrogens is 1. The predicted molar refractivity (Wildman–Crippen MR) is 112 cm³/mol. The molecule has 1 aliphatic heterocycles. The van der Waals surface area contributed by atoms with Crippen LogP contribution in [0.4, 0.5) is 5.88 Å². The Labute approximate surface area is 179 Å². The molecular weight excluding hydrogens is 424 g/mol. The van der Waals surface area contributed by atoms with Crippen LogP contribution in [0.2, 0.25) is 0 Å². The molecule has 0 atom stereocenters. The number of oxazole rings is 1. The van der Waals surface area contributed by atoms with E-state index in [9.17, 15) is 8.42 Å². The Morgan fingerprint density at radius 2 is 1.77 bits per heavy atom. The first kappa shape index (κ1) is 21.0. The van der Waals surface area contributed by atoms with E-state index < -0.39 is 9.84 Å². The molecule has 1 aromatic heterocycles. The van der Waals surface area contributed by atoms with E-state index in [0.717, 1.165) is 0 Å². The van der Waals surface area contributed by atoms with E-state index in [2.05, 4.69) is 10.3 Å². The zero-order valence-corrected chi connectivity index (χ0v) is 17.9. The molecule has 0 saturated heterocycles. The topological polar surface area (TPSA) is 109 Å². The summed E-state index contributed by atoms with van der Waals surface area (Å²) in [5.74, 6) is 1.75. The zero-order valence-electron chi connectivity index (χ0n) is 17.1. The SMILES string of the molecule is COCCNc1oc(-c2ccc(OC)cc2)nc1S(=O)(=O)c1ccc2c(c1)OCCO2. The van der Waals surface area contributed by atoms with Crippen molar-refractivity contribution in [1.82, 2.24) is 4.98 Å². The van der Waals surface area contributed by atoms with Crippen LogP contribution in [0.5, 0.6) is 17.2 Å². The predicted octanol–water partition coefficient (Wildman–Crippen LogP) is 3.01. The van der Waals surface area contributed by atoms with Crippen LogP contribution in [-0.4, -0.2) is 54.0 Å². The molecule has 9 nitrogen and oxygen atoms in total. The van der Waals surface area contributed by atoms with E-state index in [-0.39, 0.29) is 21.7 Å². The zero-order chi connectivity index (χ0) is 21.8. The smallest absolute Gasteiger partial charge is 0.233 e. The van der Waals surface area contributed by atoms with Gasteiger partial charge in [-0.1, -0.05) is 0 Å². The molecular formula is C21H22N2O7S. The Bertz CT molecular complexity index is 1160. The van der Waals surface area contributed by atoms with Crippen LogP contribution in [-0.2, 0) is 14.6 Å². The third-order valence-corrected chi connectivity index (χ3v) is 6.26. The van der Waals surface area contributed by atoms with Gasteiger partial charge in [0.05, 0.1) is 18.6 Å². The molecule has 3 aromatic rings. The van der Waals surface area contributed by atoms with Crippen LogP contribution < -0.4 is 19.5 Å². The summed E-state index contributed by atoms with van der Waals surface area (Å²) in [6, 6.07) is 11.4. The van der Waals surface area contributed by atoms with Gasteiger partial charge in [-0.15, -0.1) is 0 Å². The highest BCUT2D eigenvalue weighted by Gasteiger charge is 2.30. The summed E-state index contributed by atoms with van der Waals surface area (Å²) < 4.78 is 53.8. The molecule has 0 bridgehead atoms. The Kier molecular flexibility index (Phi) is 6.01. The van der Waals surface area contributed by atoms with Gasteiger partial charge in [-0.25, -0.2) is 8.42 Å². The van der Waals surface area contributed by atoms with Gasteiger partial charge in [0.1, 0.15) is 19.0 Å². The molecule has 4 rings (SSSR count). The minimum atomic E-state index is -4.01. The van der Waals surface area contributed by atoms with Crippen LogP contribution in [0.25, 0.3) is 11.5 Å². The Balaban J connectivity index is 1.74. The van der Waals surface area contributed by atoms with Crippen molar-refractivity contribution >= 4 is 15.7 Å². The van der Waals surface area contributed by atoms with E-state index >= 15 is 0 Å². The first-order valence-corrected chi connectivity index (χ1v) is 11.0. The monoisotopic (exact) mass is 446 g/mol. The van der Waals surface area contributed by atoms with Crippen molar-refractivity contribution in [1.29, 1.82) is 0 Å². The Morgan fingerprint density at radius 3 is 2.48 bits per heavy atom. The highest BCUT2D eigenvalue weighted by Crippen LogP contribution is 2.37. The average Bonchev–Trinajstić information content (AvgIpc) is 3.24. The summed E-state index contributed by atoms with van der Waals surface area (Å²) in [6.45, 7) is 1.48. The molecule has 164 valence electrons. The van der Waals surface area contributed by atoms with Gasteiger partial charge in [-0.2, -0.15) is 4.98 Å². The molecule has 2 heterocycles. The third kappa shape index (κ3) is 4.30. The van der Waals surface area contributed by atoms with Gasteiger partial charge in [0.25, 0.3) is 0 Å². The number of hydrogen-bond donors (Lipinski definition) is 1. The highest BCUT2D eigenvalue weighted by molar-refractivity contribution is 7.91. The van der Waals surface area contributed by atoms with Crippen molar-refractivity contribution in [3.05, 3.63) is 42.5 Å². The van der Waals surface area contributed by atoms with Crippen molar-refractivity contribution < 1.29 is 31.8 Å². The molecule has 0 saturated carbocycles. The molecule has 0 amide bonds. The van der Waals surface area contributed by atoms with Gasteiger partial charge in [0.15, 0.2) is 11.5 Å². The number of nitrogens with one attached hydrogen (secondary N) is 1. The maximum absolute atomic E-state index is 13.4. The van der Waals surface area contributed by atoms with Gasteiger partial charge in [-0.3, -0.25) is 0 Å². The lowest BCUT2D eigenvalue weighted by atomic mass is 10.2. The summed E-state index contributed by atoms with van der Waals surface area (Å²) in [5, 5.41) is 2.73. The van der Waals surface area contributed by atoms with Gasteiger partial charge in [0, 0.05) is 25.3 Å². The van der Waals surface area contributed by atoms with Crippen molar-refractivity contribution in [2.24, 2.45) is 0 Å². The van der Waals surface area contributed by atoms with Crippen LogP contribution >= 0.6 is 0 Å². The van der Waals surface area contributed by atoms with Crippen molar-refractivity contribution in [2.75, 3.05) is 45.9 Å². The van der Waals surface area contributed by atoms with E-state index in [0.29, 0.717) is 49.2 Å². The highest BCUT2D eigenvalue weighted by atomic mass is 32.2. The summed E-state index contributed by atoms with van der Waals surface area (Å²) in [5.41, 5.74) is 0.610. The largest absolute Gasteiger partial charge is 0.497 e. The fourth-order valence-electron chi connectivity index (χ4n) is 3.03. The molecule has 0 radical (unpaired) electrons. The molecule has 0 aliphatic carbocycles. The second kappa shape index (κ2) is 8.86. The molecule has 1 aliphatic rings.